The summed E-state index contributed by atoms with van der Waals surface area (Å²) in [6, 6.07) is 17.7. The van der Waals surface area contributed by atoms with Crippen molar-refractivity contribution in [2.24, 2.45) is 5.10 Å². The van der Waals surface area contributed by atoms with Crippen molar-refractivity contribution in [3.63, 3.8) is 0 Å². The lowest BCUT2D eigenvalue weighted by atomic mass is 10.2. The Morgan fingerprint density at radius 2 is 1.88 bits per heavy atom. The highest BCUT2D eigenvalue weighted by atomic mass is 35.5. The van der Waals surface area contributed by atoms with Gasteiger partial charge in [-0.1, -0.05) is 29.3 Å². The Morgan fingerprint density at radius 1 is 1.08 bits per heavy atom. The molecule has 0 atom stereocenters. The Labute approximate surface area is 160 Å². The van der Waals surface area contributed by atoms with Gasteiger partial charge in [0.15, 0.2) is 6.61 Å². The van der Waals surface area contributed by atoms with Gasteiger partial charge in [0.05, 0.1) is 6.21 Å². The minimum absolute atomic E-state index is 0.175. The van der Waals surface area contributed by atoms with Gasteiger partial charge in [0, 0.05) is 15.6 Å². The molecular weight excluding hydrogens is 375 g/mol. The molecule has 0 radical (unpaired) electrons. The van der Waals surface area contributed by atoms with E-state index in [1.54, 1.807) is 42.5 Å². The van der Waals surface area contributed by atoms with Gasteiger partial charge in [0.1, 0.15) is 17.3 Å². The first-order chi connectivity index (χ1) is 12.6. The van der Waals surface area contributed by atoms with Crippen molar-refractivity contribution in [3.8, 4) is 17.1 Å². The third-order valence-corrected chi connectivity index (χ3v) is 3.79. The van der Waals surface area contributed by atoms with Crippen LogP contribution in [0, 0.1) is 0 Å². The van der Waals surface area contributed by atoms with Crippen LogP contribution in [0.3, 0.4) is 0 Å². The summed E-state index contributed by atoms with van der Waals surface area (Å²) in [4.78, 5) is 11.7. The Morgan fingerprint density at radius 3 is 2.65 bits per heavy atom. The molecule has 0 aliphatic heterocycles. The fraction of sp³-hybridized carbons (Fsp3) is 0.0526. The first kappa shape index (κ1) is 18.0. The summed E-state index contributed by atoms with van der Waals surface area (Å²) in [5.41, 5.74) is 3.26. The second-order valence-electron chi connectivity index (χ2n) is 5.25. The summed E-state index contributed by atoms with van der Waals surface area (Å²) in [5.74, 6) is 1.30. The van der Waals surface area contributed by atoms with Crippen molar-refractivity contribution in [1.82, 2.24) is 5.43 Å². The number of hydrogen-bond donors (Lipinski definition) is 1. The molecule has 26 heavy (non-hydrogen) atoms. The first-order valence-corrected chi connectivity index (χ1v) is 8.42. The van der Waals surface area contributed by atoms with Crippen molar-refractivity contribution < 1.29 is 13.9 Å². The van der Waals surface area contributed by atoms with Crippen LogP contribution >= 0.6 is 23.2 Å². The molecule has 0 spiro atoms. The van der Waals surface area contributed by atoms with Gasteiger partial charge in [-0.3, -0.25) is 4.79 Å². The number of amides is 1. The topological polar surface area (TPSA) is 63.8 Å². The summed E-state index contributed by atoms with van der Waals surface area (Å²) in [6.07, 6.45) is 1.41. The van der Waals surface area contributed by atoms with E-state index in [0.717, 1.165) is 5.56 Å². The van der Waals surface area contributed by atoms with Gasteiger partial charge >= 0.3 is 0 Å². The van der Waals surface area contributed by atoms with Crippen LogP contribution in [0.15, 0.2) is 70.2 Å². The lowest BCUT2D eigenvalue weighted by molar-refractivity contribution is -0.123. The normalized spacial score (nSPS) is 10.8. The zero-order chi connectivity index (χ0) is 18.4. The van der Waals surface area contributed by atoms with E-state index in [-0.39, 0.29) is 6.61 Å². The lowest BCUT2D eigenvalue weighted by Gasteiger charge is -2.04. The maximum Gasteiger partial charge on any atom is 0.277 e. The predicted octanol–water partition coefficient (Wildman–Crippen LogP) is 4.78. The highest BCUT2D eigenvalue weighted by Gasteiger charge is 2.04. The fourth-order valence-electron chi connectivity index (χ4n) is 2.10. The Bertz CT molecular complexity index is 921. The number of halogens is 2. The van der Waals surface area contributed by atoms with Gasteiger partial charge in [-0.15, -0.1) is 0 Å². The number of carbonyl (C=O) groups is 1. The zero-order valence-corrected chi connectivity index (χ0v) is 15.0. The molecule has 5 nitrogen and oxygen atoms in total. The largest absolute Gasteiger partial charge is 0.484 e. The molecule has 1 N–H and O–H groups in total. The molecule has 0 saturated heterocycles. The average molecular weight is 389 g/mol. The van der Waals surface area contributed by atoms with Crippen LogP contribution in [0.25, 0.3) is 11.3 Å². The number of benzene rings is 2. The van der Waals surface area contributed by atoms with Crippen LogP contribution in [0.4, 0.5) is 0 Å². The Kier molecular flexibility index (Phi) is 5.94. The van der Waals surface area contributed by atoms with Crippen LogP contribution in [0.2, 0.25) is 10.0 Å². The van der Waals surface area contributed by atoms with Crippen LogP contribution in [-0.4, -0.2) is 18.7 Å². The molecule has 0 unspecified atom stereocenters. The van der Waals surface area contributed by atoms with E-state index in [2.05, 4.69) is 10.5 Å². The zero-order valence-electron chi connectivity index (χ0n) is 13.5. The van der Waals surface area contributed by atoms with E-state index in [9.17, 15) is 4.79 Å². The molecule has 132 valence electrons. The van der Waals surface area contributed by atoms with E-state index < -0.39 is 5.91 Å². The maximum atomic E-state index is 11.7. The highest BCUT2D eigenvalue weighted by Crippen LogP contribution is 2.23. The molecule has 3 aromatic rings. The molecule has 7 heteroatoms. The second-order valence-corrected chi connectivity index (χ2v) is 6.12. The number of hydrogen-bond acceptors (Lipinski definition) is 4. The Balaban J connectivity index is 1.50. The molecule has 1 heterocycles. The van der Waals surface area contributed by atoms with Crippen molar-refractivity contribution in [2.45, 2.75) is 0 Å². The summed E-state index contributed by atoms with van der Waals surface area (Å²) < 4.78 is 11.0. The Hall–Kier alpha value is -2.76. The van der Waals surface area contributed by atoms with Gasteiger partial charge in [0.25, 0.3) is 5.91 Å². The molecular formula is C19H14Cl2N2O3. The van der Waals surface area contributed by atoms with E-state index >= 15 is 0 Å². The molecule has 0 aliphatic carbocycles. The van der Waals surface area contributed by atoms with E-state index in [1.807, 2.05) is 18.2 Å². The predicted molar refractivity (Wildman–Crippen MR) is 102 cm³/mol. The number of hydrazone groups is 1. The number of nitrogens with zero attached hydrogens (tertiary/aromatic N) is 1. The number of furan rings is 1. The SMILES string of the molecule is O=C(COc1cccc(Cl)c1)N/N=C/c1ccc(-c2ccc(Cl)cc2)o1. The van der Waals surface area contributed by atoms with Gasteiger partial charge in [-0.25, -0.2) is 5.43 Å². The first-order valence-electron chi connectivity index (χ1n) is 7.66. The van der Waals surface area contributed by atoms with Crippen LogP contribution in [0.1, 0.15) is 5.76 Å². The lowest BCUT2D eigenvalue weighted by Crippen LogP contribution is -2.24. The molecule has 0 bridgehead atoms. The van der Waals surface area contributed by atoms with Gasteiger partial charge in [-0.05, 0) is 54.6 Å². The van der Waals surface area contributed by atoms with Crippen molar-refractivity contribution in [1.29, 1.82) is 0 Å². The van der Waals surface area contributed by atoms with Crippen molar-refractivity contribution >= 4 is 35.3 Å². The van der Waals surface area contributed by atoms with E-state index in [1.165, 1.54) is 6.21 Å². The molecule has 0 saturated carbocycles. The summed E-state index contributed by atoms with van der Waals surface area (Å²) in [6.45, 7) is -0.175. The smallest absolute Gasteiger partial charge is 0.277 e. The number of nitrogens with one attached hydrogen (secondary N) is 1. The van der Waals surface area contributed by atoms with Gasteiger partial charge in [0.2, 0.25) is 0 Å². The van der Waals surface area contributed by atoms with Gasteiger partial charge in [-0.2, -0.15) is 5.10 Å². The van der Waals surface area contributed by atoms with Crippen molar-refractivity contribution in [3.05, 3.63) is 76.5 Å². The summed E-state index contributed by atoms with van der Waals surface area (Å²) in [5, 5.41) is 5.04. The third-order valence-electron chi connectivity index (χ3n) is 3.30. The van der Waals surface area contributed by atoms with Crippen LogP contribution in [-0.2, 0) is 4.79 Å². The van der Waals surface area contributed by atoms with Crippen LogP contribution < -0.4 is 10.2 Å². The molecule has 0 aliphatic rings. The molecule has 3 rings (SSSR count). The molecule has 1 amide bonds. The molecule has 1 aromatic heterocycles. The van der Waals surface area contributed by atoms with E-state index in [0.29, 0.717) is 27.3 Å². The summed E-state index contributed by atoms with van der Waals surface area (Å²) in [7, 11) is 0. The second kappa shape index (κ2) is 8.56. The minimum Gasteiger partial charge on any atom is -0.484 e. The highest BCUT2D eigenvalue weighted by molar-refractivity contribution is 6.30. The summed E-state index contributed by atoms with van der Waals surface area (Å²) >= 11 is 11.7. The number of rotatable bonds is 6. The fourth-order valence-corrected chi connectivity index (χ4v) is 2.40. The minimum atomic E-state index is -0.397. The number of carbonyl (C=O) groups excluding carboxylic acids is 1. The van der Waals surface area contributed by atoms with Gasteiger partial charge < -0.3 is 9.15 Å². The third kappa shape index (κ3) is 5.12. The van der Waals surface area contributed by atoms with E-state index in [4.69, 9.17) is 32.4 Å². The average Bonchev–Trinajstić information content (AvgIpc) is 3.09. The molecule has 0 fully saturated rings. The van der Waals surface area contributed by atoms with Crippen molar-refractivity contribution in [2.75, 3.05) is 6.61 Å². The molecule has 2 aromatic carbocycles. The maximum absolute atomic E-state index is 11.7. The quantitative estimate of drug-likeness (QED) is 0.487. The number of ether oxygens (including phenoxy) is 1. The van der Waals surface area contributed by atoms with Crippen LogP contribution in [0.5, 0.6) is 5.75 Å². The monoisotopic (exact) mass is 388 g/mol. The standard InChI is InChI=1S/C19H14Cl2N2O3/c20-14-6-4-13(5-7-14)18-9-8-17(26-18)11-22-23-19(24)12-25-16-3-1-2-15(21)10-16/h1-11H,12H2,(H,23,24)/b22-11+.